The Labute approximate surface area is 103 Å². The van der Waals surface area contributed by atoms with Crippen molar-refractivity contribution in [2.24, 2.45) is 5.41 Å². The first kappa shape index (κ1) is 12.2. The Morgan fingerprint density at radius 1 is 1.24 bits per heavy atom. The summed E-state index contributed by atoms with van der Waals surface area (Å²) in [4.78, 5) is 11.8. The summed E-state index contributed by atoms with van der Waals surface area (Å²) in [6.07, 6.45) is 1.07. The monoisotopic (exact) mass is 231 g/mol. The van der Waals surface area contributed by atoms with Gasteiger partial charge in [0.1, 0.15) is 0 Å². The molecule has 1 aromatic rings. The van der Waals surface area contributed by atoms with Crippen molar-refractivity contribution in [3.05, 3.63) is 35.4 Å². The van der Waals surface area contributed by atoms with Crippen LogP contribution in [0.15, 0.2) is 24.3 Å². The Kier molecular flexibility index (Phi) is 2.98. The molecular formula is C15H21NO. The Balaban J connectivity index is 1.93. The molecule has 0 spiro atoms. The lowest BCUT2D eigenvalue weighted by Gasteiger charge is -2.17. The first-order chi connectivity index (χ1) is 7.88. The first-order valence-electron chi connectivity index (χ1n) is 6.25. The highest BCUT2D eigenvalue weighted by atomic mass is 16.2. The van der Waals surface area contributed by atoms with Crippen LogP contribution in [0.1, 0.15) is 44.2 Å². The molecule has 1 amide bonds. The third-order valence-corrected chi connectivity index (χ3v) is 3.29. The van der Waals surface area contributed by atoms with Crippen LogP contribution < -0.4 is 5.32 Å². The SMILES string of the molecule is Cc1ccc([C@@H]2C[C@@H]2NC(=O)C(C)(C)C)cc1. The second-order valence-corrected chi connectivity index (χ2v) is 6.08. The largest absolute Gasteiger partial charge is 0.352 e. The number of rotatable bonds is 2. The highest BCUT2D eigenvalue weighted by Gasteiger charge is 2.40. The number of hydrogen-bond donors (Lipinski definition) is 1. The van der Waals surface area contributed by atoms with Crippen LogP contribution in [0.2, 0.25) is 0 Å². The third kappa shape index (κ3) is 2.87. The second kappa shape index (κ2) is 4.17. The molecule has 2 nitrogen and oxygen atoms in total. The summed E-state index contributed by atoms with van der Waals surface area (Å²) < 4.78 is 0. The predicted molar refractivity (Wildman–Crippen MR) is 69.9 cm³/mol. The van der Waals surface area contributed by atoms with Crippen molar-refractivity contribution in [2.45, 2.75) is 46.1 Å². The van der Waals surface area contributed by atoms with Crippen molar-refractivity contribution in [1.29, 1.82) is 0 Å². The maximum atomic E-state index is 11.8. The molecule has 1 aliphatic carbocycles. The predicted octanol–water partition coefficient (Wildman–Crippen LogP) is 3.01. The van der Waals surface area contributed by atoms with E-state index in [9.17, 15) is 4.79 Å². The van der Waals surface area contributed by atoms with Gasteiger partial charge in [-0.2, -0.15) is 0 Å². The third-order valence-electron chi connectivity index (χ3n) is 3.29. The Morgan fingerprint density at radius 2 is 1.82 bits per heavy atom. The lowest BCUT2D eigenvalue weighted by molar-refractivity contribution is -0.128. The molecule has 0 saturated heterocycles. The van der Waals surface area contributed by atoms with Gasteiger partial charge in [0.25, 0.3) is 0 Å². The van der Waals surface area contributed by atoms with Gasteiger partial charge in [0.15, 0.2) is 0 Å². The summed E-state index contributed by atoms with van der Waals surface area (Å²) in [5.41, 5.74) is 2.33. The van der Waals surface area contributed by atoms with E-state index in [1.807, 2.05) is 20.8 Å². The van der Waals surface area contributed by atoms with Gasteiger partial charge >= 0.3 is 0 Å². The zero-order valence-corrected chi connectivity index (χ0v) is 11.1. The van der Waals surface area contributed by atoms with E-state index in [-0.39, 0.29) is 11.3 Å². The van der Waals surface area contributed by atoms with Crippen LogP contribution in [0, 0.1) is 12.3 Å². The molecule has 1 fully saturated rings. The molecule has 0 aromatic heterocycles. The molecule has 2 rings (SSSR count). The smallest absolute Gasteiger partial charge is 0.225 e. The summed E-state index contributed by atoms with van der Waals surface area (Å²) in [7, 11) is 0. The molecular weight excluding hydrogens is 210 g/mol. The fourth-order valence-corrected chi connectivity index (χ4v) is 1.92. The summed E-state index contributed by atoms with van der Waals surface area (Å²) in [6.45, 7) is 7.94. The molecule has 1 aliphatic rings. The van der Waals surface area contributed by atoms with Gasteiger partial charge in [-0.05, 0) is 18.9 Å². The maximum Gasteiger partial charge on any atom is 0.225 e. The molecule has 92 valence electrons. The fraction of sp³-hybridized carbons (Fsp3) is 0.533. The second-order valence-electron chi connectivity index (χ2n) is 6.08. The highest BCUT2D eigenvalue weighted by molar-refractivity contribution is 5.82. The first-order valence-corrected chi connectivity index (χ1v) is 6.25. The molecule has 2 atom stereocenters. The molecule has 0 bridgehead atoms. The van der Waals surface area contributed by atoms with Crippen LogP contribution >= 0.6 is 0 Å². The summed E-state index contributed by atoms with van der Waals surface area (Å²) in [5, 5.41) is 3.12. The van der Waals surface area contributed by atoms with Crippen LogP contribution in [0.5, 0.6) is 0 Å². The highest BCUT2D eigenvalue weighted by Crippen LogP contribution is 2.41. The van der Waals surface area contributed by atoms with Crippen molar-refractivity contribution < 1.29 is 4.79 Å². The van der Waals surface area contributed by atoms with E-state index in [0.29, 0.717) is 12.0 Å². The minimum atomic E-state index is -0.291. The van der Waals surface area contributed by atoms with Gasteiger partial charge in [0, 0.05) is 17.4 Å². The molecule has 1 N–H and O–H groups in total. The van der Waals surface area contributed by atoms with Crippen LogP contribution in [0.3, 0.4) is 0 Å². The Bertz CT molecular complexity index is 414. The van der Waals surface area contributed by atoms with Gasteiger partial charge in [-0.15, -0.1) is 0 Å². The molecule has 0 unspecified atom stereocenters. The van der Waals surface area contributed by atoms with Gasteiger partial charge in [0.2, 0.25) is 5.91 Å². The van der Waals surface area contributed by atoms with Crippen molar-refractivity contribution in [3.63, 3.8) is 0 Å². The van der Waals surface area contributed by atoms with E-state index in [4.69, 9.17) is 0 Å². The van der Waals surface area contributed by atoms with E-state index >= 15 is 0 Å². The van der Waals surface area contributed by atoms with Crippen LogP contribution in [0.4, 0.5) is 0 Å². The number of amides is 1. The quantitative estimate of drug-likeness (QED) is 0.833. The van der Waals surface area contributed by atoms with Crippen LogP contribution in [0.25, 0.3) is 0 Å². The molecule has 1 saturated carbocycles. The van der Waals surface area contributed by atoms with Crippen molar-refractivity contribution >= 4 is 5.91 Å². The lowest BCUT2D eigenvalue weighted by Crippen LogP contribution is -2.36. The van der Waals surface area contributed by atoms with Crippen LogP contribution in [-0.4, -0.2) is 11.9 Å². The van der Waals surface area contributed by atoms with Gasteiger partial charge in [-0.3, -0.25) is 4.79 Å². The van der Waals surface area contributed by atoms with E-state index < -0.39 is 0 Å². The van der Waals surface area contributed by atoms with Crippen molar-refractivity contribution in [1.82, 2.24) is 5.32 Å². The van der Waals surface area contributed by atoms with Crippen molar-refractivity contribution in [2.75, 3.05) is 0 Å². The van der Waals surface area contributed by atoms with E-state index in [1.54, 1.807) is 0 Å². The van der Waals surface area contributed by atoms with Gasteiger partial charge in [0.05, 0.1) is 0 Å². The Morgan fingerprint density at radius 3 is 2.35 bits per heavy atom. The van der Waals surface area contributed by atoms with E-state index in [0.717, 1.165) is 6.42 Å². The van der Waals surface area contributed by atoms with Gasteiger partial charge < -0.3 is 5.32 Å². The number of carbonyl (C=O) groups is 1. The molecule has 0 heterocycles. The van der Waals surface area contributed by atoms with Gasteiger partial charge in [-0.1, -0.05) is 50.6 Å². The lowest BCUT2D eigenvalue weighted by atomic mass is 9.95. The Hall–Kier alpha value is -1.31. The standard InChI is InChI=1S/C15H21NO/c1-10-5-7-11(8-6-10)12-9-13(12)16-14(17)15(2,3)4/h5-8,12-13H,9H2,1-4H3,(H,16,17)/t12-,13-/m0/s1. The molecule has 1 aromatic carbocycles. The fourth-order valence-electron chi connectivity index (χ4n) is 1.92. The normalized spacial score (nSPS) is 23.3. The van der Waals surface area contributed by atoms with E-state index in [2.05, 4.69) is 36.5 Å². The number of carbonyl (C=O) groups excluding carboxylic acids is 1. The molecule has 0 radical (unpaired) electrons. The van der Waals surface area contributed by atoms with E-state index in [1.165, 1.54) is 11.1 Å². The maximum absolute atomic E-state index is 11.8. The minimum absolute atomic E-state index is 0.150. The summed E-state index contributed by atoms with van der Waals surface area (Å²) in [6, 6.07) is 8.95. The molecule has 2 heteroatoms. The number of aryl methyl sites for hydroxylation is 1. The number of hydrogen-bond acceptors (Lipinski definition) is 1. The molecule has 17 heavy (non-hydrogen) atoms. The van der Waals surface area contributed by atoms with Gasteiger partial charge in [-0.25, -0.2) is 0 Å². The van der Waals surface area contributed by atoms with Crippen molar-refractivity contribution in [3.8, 4) is 0 Å². The minimum Gasteiger partial charge on any atom is -0.352 e. The van der Waals surface area contributed by atoms with Crippen LogP contribution in [-0.2, 0) is 4.79 Å². The topological polar surface area (TPSA) is 29.1 Å². The number of nitrogens with one attached hydrogen (secondary N) is 1. The molecule has 0 aliphatic heterocycles. The zero-order valence-electron chi connectivity index (χ0n) is 11.1. The average molecular weight is 231 g/mol. The average Bonchev–Trinajstić information content (AvgIpc) is 2.97. The summed E-state index contributed by atoms with van der Waals surface area (Å²) >= 11 is 0. The summed E-state index contributed by atoms with van der Waals surface area (Å²) in [5.74, 6) is 0.666. The zero-order chi connectivity index (χ0) is 12.6. The number of benzene rings is 1.